The van der Waals surface area contributed by atoms with Gasteiger partial charge in [0.2, 0.25) is 0 Å². The molecule has 0 radical (unpaired) electrons. The van der Waals surface area contributed by atoms with Crippen LogP contribution in [0.4, 0.5) is 5.69 Å². The first kappa shape index (κ1) is 11.4. The molecule has 5 nitrogen and oxygen atoms in total. The Morgan fingerprint density at radius 2 is 1.95 bits per heavy atom. The Bertz CT molecular complexity index is 735. The summed E-state index contributed by atoms with van der Waals surface area (Å²) in [6.45, 7) is 0. The van der Waals surface area contributed by atoms with Crippen LogP contribution in [0, 0.1) is 10.1 Å². The number of nitrogens with one attached hydrogen (secondary N) is 1. The highest BCUT2D eigenvalue weighted by Gasteiger charge is 2.21. The van der Waals surface area contributed by atoms with Gasteiger partial charge in [-0.25, -0.2) is 0 Å². The molecular formula is C14H11N3O2. The van der Waals surface area contributed by atoms with Crippen LogP contribution in [-0.4, -0.2) is 14.9 Å². The molecule has 0 fully saturated rings. The molecule has 0 spiro atoms. The molecule has 3 aromatic rings. The van der Waals surface area contributed by atoms with Crippen LogP contribution in [-0.2, 0) is 6.42 Å². The van der Waals surface area contributed by atoms with E-state index in [1.54, 1.807) is 18.3 Å². The van der Waals surface area contributed by atoms with Crippen LogP contribution in [0.25, 0.3) is 10.9 Å². The molecule has 0 aliphatic carbocycles. The Labute approximate surface area is 109 Å². The molecule has 5 heteroatoms. The molecular weight excluding hydrogens is 242 g/mol. The summed E-state index contributed by atoms with van der Waals surface area (Å²) in [6.07, 6.45) is 2.11. The number of rotatable bonds is 3. The van der Waals surface area contributed by atoms with E-state index in [2.05, 4.69) is 9.97 Å². The lowest BCUT2D eigenvalue weighted by Crippen LogP contribution is -1.96. The monoisotopic (exact) mass is 253 g/mol. The van der Waals surface area contributed by atoms with E-state index in [0.717, 1.165) is 11.2 Å². The highest BCUT2D eigenvalue weighted by Crippen LogP contribution is 2.30. The molecule has 2 heterocycles. The highest BCUT2D eigenvalue weighted by atomic mass is 16.6. The molecule has 0 bridgehead atoms. The summed E-state index contributed by atoms with van der Waals surface area (Å²) in [5.74, 6) is 0. The van der Waals surface area contributed by atoms with Crippen molar-refractivity contribution in [3.05, 3.63) is 70.2 Å². The molecule has 0 atom stereocenters. The van der Waals surface area contributed by atoms with Gasteiger partial charge in [0.15, 0.2) is 0 Å². The first-order chi connectivity index (χ1) is 9.25. The number of nitrogens with zero attached hydrogens (tertiary/aromatic N) is 2. The van der Waals surface area contributed by atoms with E-state index in [4.69, 9.17) is 0 Å². The molecule has 1 aromatic carbocycles. The van der Waals surface area contributed by atoms with Gasteiger partial charge in [0.05, 0.1) is 15.8 Å². The standard InChI is InChI=1S/C14H11N3O2/c18-17(19)14-11-6-1-2-7-12(11)16-13(14)9-10-5-3-4-8-15-10/h1-8,16H,9H2. The van der Waals surface area contributed by atoms with Gasteiger partial charge in [-0.3, -0.25) is 15.1 Å². The van der Waals surface area contributed by atoms with Gasteiger partial charge in [-0.1, -0.05) is 18.2 Å². The van der Waals surface area contributed by atoms with Crippen LogP contribution in [0.3, 0.4) is 0 Å². The SMILES string of the molecule is O=[N+]([O-])c1c(Cc2ccccn2)[nH]c2ccccc12. The fourth-order valence-corrected chi connectivity index (χ4v) is 2.20. The summed E-state index contributed by atoms with van der Waals surface area (Å²) < 4.78 is 0. The molecule has 0 aliphatic rings. The fraction of sp³-hybridized carbons (Fsp3) is 0.0714. The number of nitro groups is 1. The van der Waals surface area contributed by atoms with Gasteiger partial charge < -0.3 is 4.98 Å². The zero-order chi connectivity index (χ0) is 13.2. The van der Waals surface area contributed by atoms with Crippen LogP contribution in [0.1, 0.15) is 11.4 Å². The van der Waals surface area contributed by atoms with Gasteiger partial charge in [-0.2, -0.15) is 0 Å². The van der Waals surface area contributed by atoms with Gasteiger partial charge in [-0.05, 0) is 24.3 Å². The number of pyridine rings is 1. The first-order valence-electron chi connectivity index (χ1n) is 5.89. The van der Waals surface area contributed by atoms with Gasteiger partial charge in [0.1, 0.15) is 5.69 Å². The predicted molar refractivity (Wildman–Crippen MR) is 72.0 cm³/mol. The van der Waals surface area contributed by atoms with E-state index in [9.17, 15) is 10.1 Å². The molecule has 2 aromatic heterocycles. The van der Waals surface area contributed by atoms with Crippen LogP contribution in [0.2, 0.25) is 0 Å². The third-order valence-corrected chi connectivity index (χ3v) is 3.02. The Balaban J connectivity index is 2.13. The van der Waals surface area contributed by atoms with E-state index < -0.39 is 0 Å². The molecule has 0 unspecified atom stereocenters. The van der Waals surface area contributed by atoms with Crippen molar-refractivity contribution in [2.45, 2.75) is 6.42 Å². The minimum atomic E-state index is -0.336. The normalized spacial score (nSPS) is 10.7. The van der Waals surface area contributed by atoms with E-state index in [1.807, 2.05) is 30.3 Å². The molecule has 0 aliphatic heterocycles. The summed E-state index contributed by atoms with van der Waals surface area (Å²) in [6, 6.07) is 12.8. The Kier molecular flexibility index (Phi) is 2.72. The Hall–Kier alpha value is -2.69. The number of benzene rings is 1. The van der Waals surface area contributed by atoms with Gasteiger partial charge in [0, 0.05) is 18.3 Å². The van der Waals surface area contributed by atoms with E-state index in [0.29, 0.717) is 17.5 Å². The molecule has 0 saturated heterocycles. The minimum Gasteiger partial charge on any atom is -0.352 e. The summed E-state index contributed by atoms with van der Waals surface area (Å²) in [5, 5.41) is 11.9. The number of aromatic amines is 1. The van der Waals surface area contributed by atoms with Crippen molar-refractivity contribution in [2.75, 3.05) is 0 Å². The zero-order valence-electron chi connectivity index (χ0n) is 10.0. The summed E-state index contributed by atoms with van der Waals surface area (Å²) >= 11 is 0. The number of hydrogen-bond acceptors (Lipinski definition) is 3. The van der Waals surface area contributed by atoms with E-state index in [-0.39, 0.29) is 10.6 Å². The number of fused-ring (bicyclic) bond motifs is 1. The molecule has 94 valence electrons. The van der Waals surface area contributed by atoms with Crippen molar-refractivity contribution in [3.8, 4) is 0 Å². The average Bonchev–Trinajstić information content (AvgIpc) is 2.77. The molecule has 0 amide bonds. The number of H-pyrrole nitrogens is 1. The maximum Gasteiger partial charge on any atom is 0.298 e. The van der Waals surface area contributed by atoms with Crippen LogP contribution in [0.5, 0.6) is 0 Å². The summed E-state index contributed by atoms with van der Waals surface area (Å²) in [4.78, 5) is 18.2. The highest BCUT2D eigenvalue weighted by molar-refractivity contribution is 5.90. The smallest absolute Gasteiger partial charge is 0.298 e. The maximum atomic E-state index is 11.3. The fourth-order valence-electron chi connectivity index (χ4n) is 2.20. The van der Waals surface area contributed by atoms with Gasteiger partial charge in [-0.15, -0.1) is 0 Å². The second-order valence-corrected chi connectivity index (χ2v) is 4.25. The molecule has 3 rings (SSSR count). The summed E-state index contributed by atoms with van der Waals surface area (Å²) in [5.41, 5.74) is 2.31. The molecule has 1 N–H and O–H groups in total. The third-order valence-electron chi connectivity index (χ3n) is 3.02. The zero-order valence-corrected chi connectivity index (χ0v) is 10.0. The second kappa shape index (κ2) is 4.53. The molecule has 0 saturated carbocycles. The van der Waals surface area contributed by atoms with Crippen molar-refractivity contribution in [1.29, 1.82) is 0 Å². The Morgan fingerprint density at radius 1 is 1.16 bits per heavy atom. The number of hydrogen-bond donors (Lipinski definition) is 1. The van der Waals surface area contributed by atoms with Crippen molar-refractivity contribution in [2.24, 2.45) is 0 Å². The van der Waals surface area contributed by atoms with Crippen LogP contribution in [0.15, 0.2) is 48.7 Å². The first-order valence-corrected chi connectivity index (χ1v) is 5.89. The minimum absolute atomic E-state index is 0.140. The third kappa shape index (κ3) is 2.06. The summed E-state index contributed by atoms with van der Waals surface area (Å²) in [7, 11) is 0. The van der Waals surface area contributed by atoms with Gasteiger partial charge in [0.25, 0.3) is 5.69 Å². The van der Waals surface area contributed by atoms with E-state index >= 15 is 0 Å². The maximum absolute atomic E-state index is 11.3. The van der Waals surface area contributed by atoms with Crippen LogP contribution < -0.4 is 0 Å². The van der Waals surface area contributed by atoms with Crippen molar-refractivity contribution >= 4 is 16.6 Å². The quantitative estimate of drug-likeness (QED) is 0.576. The average molecular weight is 253 g/mol. The lowest BCUT2D eigenvalue weighted by Gasteiger charge is -1.97. The van der Waals surface area contributed by atoms with Crippen LogP contribution >= 0.6 is 0 Å². The van der Waals surface area contributed by atoms with Crippen molar-refractivity contribution < 1.29 is 4.92 Å². The van der Waals surface area contributed by atoms with E-state index in [1.165, 1.54) is 0 Å². The lowest BCUT2D eigenvalue weighted by atomic mass is 10.1. The topological polar surface area (TPSA) is 71.8 Å². The van der Waals surface area contributed by atoms with Crippen molar-refractivity contribution in [1.82, 2.24) is 9.97 Å². The van der Waals surface area contributed by atoms with Crippen molar-refractivity contribution in [3.63, 3.8) is 0 Å². The second-order valence-electron chi connectivity index (χ2n) is 4.25. The largest absolute Gasteiger partial charge is 0.352 e. The molecule has 19 heavy (non-hydrogen) atoms. The van der Waals surface area contributed by atoms with Gasteiger partial charge >= 0.3 is 0 Å². The Morgan fingerprint density at radius 3 is 2.68 bits per heavy atom. The predicted octanol–water partition coefficient (Wildman–Crippen LogP) is 3.06. The number of para-hydroxylation sites is 1. The lowest BCUT2D eigenvalue weighted by molar-refractivity contribution is -0.383. The number of aromatic nitrogens is 2.